The maximum Gasteiger partial charge on any atom is 0.243 e. The normalized spacial score (nSPS) is 15.9. The van der Waals surface area contributed by atoms with Crippen LogP contribution in [0.4, 0.5) is 5.69 Å². The first kappa shape index (κ1) is 23.6. The van der Waals surface area contributed by atoms with Crippen molar-refractivity contribution in [3.05, 3.63) is 47.5 Å². The van der Waals surface area contributed by atoms with Gasteiger partial charge in [0.25, 0.3) is 0 Å². The second-order valence-electron chi connectivity index (χ2n) is 8.76. The first-order valence-corrected chi connectivity index (χ1v) is 13.2. The Morgan fingerprint density at radius 2 is 1.73 bits per heavy atom. The summed E-state index contributed by atoms with van der Waals surface area (Å²) in [7, 11) is -3.95. The van der Waals surface area contributed by atoms with Crippen molar-refractivity contribution in [3.63, 3.8) is 0 Å². The highest BCUT2D eigenvalue weighted by atomic mass is 32.2. The Hall–Kier alpha value is -2.56. The quantitative estimate of drug-likeness (QED) is 0.574. The van der Waals surface area contributed by atoms with Crippen LogP contribution in [0.25, 0.3) is 11.0 Å². The number of hydrogen-bond acceptors (Lipinski definition) is 7. The third kappa shape index (κ3) is 4.73. The van der Waals surface area contributed by atoms with Crippen LogP contribution in [-0.2, 0) is 14.8 Å². The Kier molecular flexibility index (Phi) is 6.69. The smallest absolute Gasteiger partial charge is 0.243 e. The molecule has 10 heteroatoms. The lowest BCUT2D eigenvalue weighted by molar-refractivity contribution is -0.134. The first-order chi connectivity index (χ1) is 15.7. The van der Waals surface area contributed by atoms with Gasteiger partial charge in [0.2, 0.25) is 15.9 Å². The Balaban J connectivity index is 1.49. The maximum absolute atomic E-state index is 13.4. The molecule has 0 bridgehead atoms. The summed E-state index contributed by atoms with van der Waals surface area (Å²) < 4.78 is 37.3. The van der Waals surface area contributed by atoms with Crippen molar-refractivity contribution < 1.29 is 13.2 Å². The van der Waals surface area contributed by atoms with E-state index in [0.717, 1.165) is 11.7 Å². The number of carbonyl (C=O) groups is 1. The van der Waals surface area contributed by atoms with Crippen molar-refractivity contribution in [2.24, 2.45) is 5.92 Å². The van der Waals surface area contributed by atoms with Gasteiger partial charge in [-0.05, 0) is 49.1 Å². The van der Waals surface area contributed by atoms with Gasteiger partial charge in [0.15, 0.2) is 0 Å². The van der Waals surface area contributed by atoms with Crippen LogP contribution in [0.2, 0.25) is 0 Å². The number of piperazine rings is 1. The molecule has 0 radical (unpaired) electrons. The molecule has 2 heterocycles. The number of hydrogen-bond donors (Lipinski definition) is 1. The number of amides is 1. The third-order valence-electron chi connectivity index (χ3n) is 6.26. The Bertz CT molecular complexity index is 1260. The lowest BCUT2D eigenvalue weighted by Gasteiger charge is -2.39. The van der Waals surface area contributed by atoms with Crippen LogP contribution in [0.5, 0.6) is 0 Å². The summed E-state index contributed by atoms with van der Waals surface area (Å²) in [4.78, 5) is 17.5. The molecule has 1 fully saturated rings. The topological polar surface area (TPSA) is 95.5 Å². The summed E-state index contributed by atoms with van der Waals surface area (Å²) in [6.07, 6.45) is 0. The molecule has 1 unspecified atom stereocenters. The molecule has 1 saturated heterocycles. The molecule has 1 aliphatic rings. The zero-order valence-corrected chi connectivity index (χ0v) is 20.9. The van der Waals surface area contributed by atoms with Gasteiger partial charge in [-0.2, -0.15) is 13.5 Å². The molecule has 176 valence electrons. The summed E-state index contributed by atoms with van der Waals surface area (Å²) in [5.41, 5.74) is 4.53. The van der Waals surface area contributed by atoms with Crippen molar-refractivity contribution in [1.82, 2.24) is 18.4 Å². The minimum absolute atomic E-state index is 0.0481. The molecule has 0 saturated carbocycles. The van der Waals surface area contributed by atoms with Crippen molar-refractivity contribution in [1.29, 1.82) is 0 Å². The molecule has 1 aliphatic heterocycles. The number of sulfonamides is 1. The van der Waals surface area contributed by atoms with E-state index in [4.69, 9.17) is 0 Å². The fourth-order valence-electron chi connectivity index (χ4n) is 4.14. The Morgan fingerprint density at radius 3 is 2.42 bits per heavy atom. The lowest BCUT2D eigenvalue weighted by atomic mass is 10.0. The maximum atomic E-state index is 13.4. The molecule has 0 spiro atoms. The SMILES string of the molecule is Cc1cccc(N2CCN(C(=O)C(NS(=O)(=O)c3cccc4nsnc34)C(C)C)CC2)c1C. The number of fused-ring (bicyclic) bond motifs is 1. The number of anilines is 1. The van der Waals surface area contributed by atoms with Crippen molar-refractivity contribution in [3.8, 4) is 0 Å². The van der Waals surface area contributed by atoms with Crippen LogP contribution in [0.3, 0.4) is 0 Å². The highest BCUT2D eigenvalue weighted by Gasteiger charge is 2.34. The Labute approximate surface area is 199 Å². The number of rotatable bonds is 6. The van der Waals surface area contributed by atoms with Gasteiger partial charge >= 0.3 is 0 Å². The average molecular weight is 488 g/mol. The van der Waals surface area contributed by atoms with Gasteiger partial charge in [0.1, 0.15) is 22.0 Å². The van der Waals surface area contributed by atoms with Crippen LogP contribution in [0.1, 0.15) is 25.0 Å². The molecule has 1 atom stereocenters. The first-order valence-electron chi connectivity index (χ1n) is 11.0. The van der Waals surface area contributed by atoms with E-state index in [-0.39, 0.29) is 16.7 Å². The largest absolute Gasteiger partial charge is 0.368 e. The minimum Gasteiger partial charge on any atom is -0.368 e. The van der Waals surface area contributed by atoms with Gasteiger partial charge in [0.05, 0.1) is 11.7 Å². The molecule has 1 N–H and O–H groups in total. The van der Waals surface area contributed by atoms with E-state index >= 15 is 0 Å². The summed E-state index contributed by atoms with van der Waals surface area (Å²) in [5.74, 6) is -0.408. The average Bonchev–Trinajstić information content (AvgIpc) is 3.28. The van der Waals surface area contributed by atoms with Gasteiger partial charge in [0, 0.05) is 31.9 Å². The van der Waals surface area contributed by atoms with Crippen molar-refractivity contribution in [2.75, 3.05) is 31.1 Å². The number of carbonyl (C=O) groups excluding carboxylic acids is 1. The molecule has 2 aromatic carbocycles. The van der Waals surface area contributed by atoms with E-state index in [1.807, 2.05) is 13.8 Å². The number of nitrogens with zero attached hydrogens (tertiary/aromatic N) is 4. The third-order valence-corrected chi connectivity index (χ3v) is 8.28. The van der Waals surface area contributed by atoms with E-state index in [1.165, 1.54) is 22.9 Å². The van der Waals surface area contributed by atoms with Gasteiger partial charge < -0.3 is 9.80 Å². The summed E-state index contributed by atoms with van der Waals surface area (Å²) >= 11 is 0.965. The van der Waals surface area contributed by atoms with E-state index in [9.17, 15) is 13.2 Å². The second-order valence-corrected chi connectivity index (χ2v) is 11.0. The van der Waals surface area contributed by atoms with E-state index in [0.29, 0.717) is 37.2 Å². The van der Waals surface area contributed by atoms with Gasteiger partial charge in [-0.3, -0.25) is 4.79 Å². The highest BCUT2D eigenvalue weighted by Crippen LogP contribution is 2.25. The van der Waals surface area contributed by atoms with Crippen LogP contribution in [-0.4, -0.2) is 60.2 Å². The van der Waals surface area contributed by atoms with Gasteiger partial charge in [-0.15, -0.1) is 0 Å². The molecular weight excluding hydrogens is 458 g/mol. The Morgan fingerprint density at radius 1 is 1.03 bits per heavy atom. The van der Waals surface area contributed by atoms with Crippen molar-refractivity contribution >= 4 is 44.4 Å². The molecule has 33 heavy (non-hydrogen) atoms. The van der Waals surface area contributed by atoms with E-state index in [2.05, 4.69) is 50.4 Å². The van der Waals surface area contributed by atoms with E-state index in [1.54, 1.807) is 17.0 Å². The predicted octanol–water partition coefficient (Wildman–Crippen LogP) is 2.96. The van der Waals surface area contributed by atoms with Crippen molar-refractivity contribution in [2.45, 2.75) is 38.6 Å². The molecule has 1 aromatic heterocycles. The van der Waals surface area contributed by atoms with Crippen LogP contribution in [0, 0.1) is 19.8 Å². The fraction of sp³-hybridized carbons (Fsp3) is 0.435. The standard InChI is InChI=1S/C23H29N5O3S2/c1-15(2)21(26-33(30,31)20-10-6-8-18-22(20)25-32-24-18)23(29)28-13-11-27(12-14-28)19-9-5-7-16(3)17(19)4/h5-10,15,21,26H,11-14H2,1-4H3. The summed E-state index contributed by atoms with van der Waals surface area (Å²) in [6, 6.07) is 10.3. The van der Waals surface area contributed by atoms with Gasteiger partial charge in [-0.25, -0.2) is 8.42 Å². The molecule has 4 rings (SSSR count). The number of benzene rings is 2. The molecule has 3 aromatic rings. The van der Waals surface area contributed by atoms with Crippen LogP contribution >= 0.6 is 11.7 Å². The second kappa shape index (κ2) is 9.36. The molecular formula is C23H29N5O3S2. The summed E-state index contributed by atoms with van der Waals surface area (Å²) in [5, 5.41) is 0. The van der Waals surface area contributed by atoms with Gasteiger partial charge in [-0.1, -0.05) is 32.0 Å². The molecule has 1 amide bonds. The minimum atomic E-state index is -3.95. The number of aryl methyl sites for hydroxylation is 1. The summed E-state index contributed by atoms with van der Waals surface area (Å²) in [6.45, 7) is 10.4. The fourth-order valence-corrected chi connectivity index (χ4v) is 6.25. The lowest BCUT2D eigenvalue weighted by Crippen LogP contribution is -2.56. The monoisotopic (exact) mass is 487 g/mol. The molecule has 8 nitrogen and oxygen atoms in total. The number of nitrogens with one attached hydrogen (secondary N) is 1. The zero-order chi connectivity index (χ0) is 23.8. The zero-order valence-electron chi connectivity index (χ0n) is 19.3. The highest BCUT2D eigenvalue weighted by molar-refractivity contribution is 7.89. The number of aromatic nitrogens is 2. The van der Waals surface area contributed by atoms with Crippen LogP contribution < -0.4 is 9.62 Å². The van der Waals surface area contributed by atoms with E-state index < -0.39 is 16.1 Å². The predicted molar refractivity (Wildman–Crippen MR) is 131 cm³/mol. The van der Waals surface area contributed by atoms with Crippen LogP contribution in [0.15, 0.2) is 41.3 Å². The molecule has 0 aliphatic carbocycles.